The molecule has 0 radical (unpaired) electrons. The molecule has 0 saturated carbocycles. The Morgan fingerprint density at radius 2 is 2.04 bits per heavy atom. The highest BCUT2D eigenvalue weighted by atomic mass is 32.1. The number of ether oxygens (including phenoxy) is 1. The SMILES string of the molecule is CC(C)C(CNC(=O)CCCNC(=O)c1ccsc1)N1CCOCC1. The maximum atomic E-state index is 12.1. The molecule has 1 atom stereocenters. The number of hydrogen-bond donors (Lipinski definition) is 2. The van der Waals surface area contributed by atoms with Gasteiger partial charge < -0.3 is 15.4 Å². The van der Waals surface area contributed by atoms with Crippen LogP contribution < -0.4 is 10.6 Å². The second-order valence-electron chi connectivity index (χ2n) is 6.64. The van der Waals surface area contributed by atoms with Gasteiger partial charge in [-0.15, -0.1) is 0 Å². The Kier molecular flexibility index (Phi) is 8.37. The Bertz CT molecular complexity index is 528. The largest absolute Gasteiger partial charge is 0.379 e. The Morgan fingerprint density at radius 3 is 2.68 bits per heavy atom. The minimum absolute atomic E-state index is 0.0451. The average Bonchev–Trinajstić information content (AvgIpc) is 3.14. The summed E-state index contributed by atoms with van der Waals surface area (Å²) in [5, 5.41) is 9.58. The topological polar surface area (TPSA) is 70.7 Å². The van der Waals surface area contributed by atoms with E-state index in [1.54, 1.807) is 6.07 Å². The Labute approximate surface area is 153 Å². The van der Waals surface area contributed by atoms with E-state index in [4.69, 9.17) is 4.74 Å². The quantitative estimate of drug-likeness (QED) is 0.652. The van der Waals surface area contributed by atoms with Gasteiger partial charge in [-0.3, -0.25) is 14.5 Å². The van der Waals surface area contributed by atoms with Crippen molar-refractivity contribution in [1.82, 2.24) is 15.5 Å². The van der Waals surface area contributed by atoms with Crippen LogP contribution in [-0.4, -0.2) is 62.1 Å². The van der Waals surface area contributed by atoms with E-state index in [2.05, 4.69) is 29.4 Å². The molecule has 1 unspecified atom stereocenters. The summed E-state index contributed by atoms with van der Waals surface area (Å²) in [4.78, 5) is 26.3. The molecule has 0 bridgehead atoms. The second kappa shape index (κ2) is 10.5. The van der Waals surface area contributed by atoms with Gasteiger partial charge in [-0.25, -0.2) is 0 Å². The van der Waals surface area contributed by atoms with E-state index in [0.717, 1.165) is 26.3 Å². The maximum Gasteiger partial charge on any atom is 0.252 e. The van der Waals surface area contributed by atoms with Gasteiger partial charge in [-0.1, -0.05) is 13.8 Å². The molecule has 2 rings (SSSR count). The van der Waals surface area contributed by atoms with Gasteiger partial charge in [0.25, 0.3) is 5.91 Å². The number of morpholine rings is 1. The first-order valence-electron chi connectivity index (χ1n) is 8.97. The molecule has 140 valence electrons. The number of carbonyl (C=O) groups excluding carboxylic acids is 2. The molecule has 1 saturated heterocycles. The Balaban J connectivity index is 1.62. The van der Waals surface area contributed by atoms with Crippen molar-refractivity contribution in [2.75, 3.05) is 39.4 Å². The zero-order chi connectivity index (χ0) is 18.1. The lowest BCUT2D eigenvalue weighted by molar-refractivity contribution is -0.121. The number of rotatable bonds is 9. The van der Waals surface area contributed by atoms with Crippen LogP contribution in [0.1, 0.15) is 37.0 Å². The van der Waals surface area contributed by atoms with E-state index in [1.807, 2.05) is 10.8 Å². The highest BCUT2D eigenvalue weighted by molar-refractivity contribution is 7.08. The lowest BCUT2D eigenvalue weighted by atomic mass is 10.0. The molecule has 1 fully saturated rings. The zero-order valence-electron chi connectivity index (χ0n) is 15.1. The smallest absolute Gasteiger partial charge is 0.252 e. The molecular formula is C18H29N3O3S. The number of thiophene rings is 1. The summed E-state index contributed by atoms with van der Waals surface area (Å²) >= 11 is 1.50. The van der Waals surface area contributed by atoms with Gasteiger partial charge in [0.05, 0.1) is 13.2 Å². The predicted molar refractivity (Wildman–Crippen MR) is 99.9 cm³/mol. The molecule has 2 N–H and O–H groups in total. The van der Waals surface area contributed by atoms with Gasteiger partial charge in [-0.05, 0) is 23.8 Å². The van der Waals surface area contributed by atoms with E-state index in [0.29, 0.717) is 43.5 Å². The molecule has 2 heterocycles. The molecule has 1 aromatic rings. The van der Waals surface area contributed by atoms with Gasteiger partial charge >= 0.3 is 0 Å². The average molecular weight is 368 g/mol. The highest BCUT2D eigenvalue weighted by Crippen LogP contribution is 2.12. The van der Waals surface area contributed by atoms with Crippen molar-refractivity contribution < 1.29 is 14.3 Å². The van der Waals surface area contributed by atoms with Crippen molar-refractivity contribution in [2.24, 2.45) is 5.92 Å². The molecule has 7 heteroatoms. The summed E-state index contributed by atoms with van der Waals surface area (Å²) in [5.74, 6) is 0.445. The zero-order valence-corrected chi connectivity index (χ0v) is 15.9. The van der Waals surface area contributed by atoms with Crippen molar-refractivity contribution in [3.8, 4) is 0 Å². The fourth-order valence-corrected chi connectivity index (χ4v) is 3.58. The Morgan fingerprint density at radius 1 is 1.28 bits per heavy atom. The molecule has 1 aliphatic heterocycles. The number of amides is 2. The summed E-state index contributed by atoms with van der Waals surface area (Å²) in [6, 6.07) is 2.14. The summed E-state index contributed by atoms with van der Waals surface area (Å²) in [5.41, 5.74) is 0.680. The summed E-state index contributed by atoms with van der Waals surface area (Å²) in [6.45, 7) is 8.93. The van der Waals surface area contributed by atoms with Gasteiger partial charge in [0.15, 0.2) is 0 Å². The molecule has 0 spiro atoms. The van der Waals surface area contributed by atoms with E-state index in [1.165, 1.54) is 11.3 Å². The van der Waals surface area contributed by atoms with E-state index in [-0.39, 0.29) is 11.8 Å². The number of nitrogens with one attached hydrogen (secondary N) is 2. The van der Waals surface area contributed by atoms with Crippen molar-refractivity contribution >= 4 is 23.2 Å². The molecule has 0 aliphatic carbocycles. The van der Waals surface area contributed by atoms with Crippen LogP contribution in [-0.2, 0) is 9.53 Å². The van der Waals surface area contributed by atoms with Crippen molar-refractivity contribution in [1.29, 1.82) is 0 Å². The van der Waals surface area contributed by atoms with Crippen molar-refractivity contribution in [2.45, 2.75) is 32.7 Å². The first kappa shape index (κ1) is 19.9. The number of carbonyl (C=O) groups is 2. The van der Waals surface area contributed by atoms with Crippen molar-refractivity contribution in [3.63, 3.8) is 0 Å². The van der Waals surface area contributed by atoms with Crippen LogP contribution in [0, 0.1) is 5.92 Å². The normalized spacial score (nSPS) is 16.6. The molecule has 6 nitrogen and oxygen atoms in total. The molecule has 1 aliphatic rings. The summed E-state index contributed by atoms with van der Waals surface area (Å²) in [7, 11) is 0. The van der Waals surface area contributed by atoms with Crippen LogP contribution in [0.5, 0.6) is 0 Å². The van der Waals surface area contributed by atoms with Crippen LogP contribution >= 0.6 is 11.3 Å². The standard InChI is InChI=1S/C18H29N3O3S/c1-14(2)16(21-7-9-24-10-8-21)12-20-17(22)4-3-6-19-18(23)15-5-11-25-13-15/h5,11,13-14,16H,3-4,6-10,12H2,1-2H3,(H,19,23)(H,20,22). The molecule has 2 amide bonds. The van der Waals surface area contributed by atoms with E-state index < -0.39 is 0 Å². The van der Waals surface area contributed by atoms with E-state index >= 15 is 0 Å². The summed E-state index contributed by atoms with van der Waals surface area (Å²) in [6.07, 6.45) is 1.07. The molecule has 0 aromatic carbocycles. The third kappa shape index (κ3) is 6.76. The maximum absolute atomic E-state index is 12.1. The highest BCUT2D eigenvalue weighted by Gasteiger charge is 2.24. The summed E-state index contributed by atoms with van der Waals surface area (Å²) < 4.78 is 5.40. The monoisotopic (exact) mass is 367 g/mol. The minimum Gasteiger partial charge on any atom is -0.379 e. The lowest BCUT2D eigenvalue weighted by Crippen LogP contribution is -2.51. The van der Waals surface area contributed by atoms with Crippen LogP contribution in [0.3, 0.4) is 0 Å². The minimum atomic E-state index is -0.0751. The van der Waals surface area contributed by atoms with Gasteiger partial charge in [0.2, 0.25) is 5.91 Å². The first-order valence-corrected chi connectivity index (χ1v) is 9.91. The lowest BCUT2D eigenvalue weighted by Gasteiger charge is -2.36. The van der Waals surface area contributed by atoms with E-state index in [9.17, 15) is 9.59 Å². The van der Waals surface area contributed by atoms with Gasteiger partial charge in [0.1, 0.15) is 0 Å². The number of hydrogen-bond acceptors (Lipinski definition) is 5. The number of nitrogens with zero attached hydrogens (tertiary/aromatic N) is 1. The van der Waals surface area contributed by atoms with Gasteiger partial charge in [0, 0.05) is 49.6 Å². The molecular weight excluding hydrogens is 338 g/mol. The van der Waals surface area contributed by atoms with Crippen molar-refractivity contribution in [3.05, 3.63) is 22.4 Å². The third-order valence-electron chi connectivity index (χ3n) is 4.44. The third-order valence-corrected chi connectivity index (χ3v) is 5.13. The predicted octanol–water partition coefficient (Wildman–Crippen LogP) is 1.73. The first-order chi connectivity index (χ1) is 12.1. The van der Waals surface area contributed by atoms with Crippen LogP contribution in [0.4, 0.5) is 0 Å². The Hall–Kier alpha value is -1.44. The molecule has 25 heavy (non-hydrogen) atoms. The second-order valence-corrected chi connectivity index (χ2v) is 7.42. The van der Waals surface area contributed by atoms with Crippen LogP contribution in [0.15, 0.2) is 16.8 Å². The van der Waals surface area contributed by atoms with Gasteiger partial charge in [-0.2, -0.15) is 11.3 Å². The molecule has 1 aromatic heterocycles. The van der Waals surface area contributed by atoms with Crippen LogP contribution in [0.25, 0.3) is 0 Å². The fraction of sp³-hybridized carbons (Fsp3) is 0.667. The van der Waals surface area contributed by atoms with Crippen LogP contribution in [0.2, 0.25) is 0 Å². The fourth-order valence-electron chi connectivity index (χ4n) is 2.95.